The molecule has 110 valence electrons. The molecular formula is C15H14BrFN2O2. The minimum absolute atomic E-state index is 0.0668. The molecule has 4 nitrogen and oxygen atoms in total. The van der Waals surface area contributed by atoms with Gasteiger partial charge in [-0.3, -0.25) is 10.1 Å². The molecule has 6 heteroatoms. The number of nitrogens with one attached hydrogen (secondary N) is 1. The summed E-state index contributed by atoms with van der Waals surface area (Å²) in [6.45, 7) is 2.21. The van der Waals surface area contributed by atoms with Crippen molar-refractivity contribution < 1.29 is 9.31 Å². The first-order valence-corrected chi connectivity index (χ1v) is 7.18. The van der Waals surface area contributed by atoms with Crippen molar-refractivity contribution in [1.29, 1.82) is 0 Å². The lowest BCUT2D eigenvalue weighted by atomic mass is 10.1. The van der Waals surface area contributed by atoms with Gasteiger partial charge in [0.1, 0.15) is 5.82 Å². The second kappa shape index (κ2) is 6.78. The van der Waals surface area contributed by atoms with E-state index in [1.807, 2.05) is 13.0 Å². The minimum Gasteiger partial charge on any atom is -0.306 e. The van der Waals surface area contributed by atoms with E-state index in [9.17, 15) is 14.5 Å². The lowest BCUT2D eigenvalue weighted by Gasteiger charge is -2.14. The average Bonchev–Trinajstić information content (AvgIpc) is 2.44. The fraction of sp³-hybridized carbons (Fsp3) is 0.200. The van der Waals surface area contributed by atoms with E-state index in [-0.39, 0.29) is 17.5 Å². The molecule has 1 atom stereocenters. The fourth-order valence-electron chi connectivity index (χ4n) is 2.03. The van der Waals surface area contributed by atoms with Gasteiger partial charge >= 0.3 is 0 Å². The predicted octanol–water partition coefficient (Wildman–Crippen LogP) is 4.35. The Kier molecular flexibility index (Phi) is 5.03. The van der Waals surface area contributed by atoms with Crippen LogP contribution in [0, 0.1) is 15.9 Å². The van der Waals surface area contributed by atoms with Crippen molar-refractivity contribution in [1.82, 2.24) is 5.32 Å². The molecule has 0 spiro atoms. The van der Waals surface area contributed by atoms with Crippen molar-refractivity contribution in [3.05, 3.63) is 74.0 Å². The highest BCUT2D eigenvalue weighted by molar-refractivity contribution is 9.10. The van der Waals surface area contributed by atoms with Crippen LogP contribution in [0.1, 0.15) is 24.1 Å². The molecule has 2 rings (SSSR count). The van der Waals surface area contributed by atoms with E-state index >= 15 is 0 Å². The van der Waals surface area contributed by atoms with Crippen molar-refractivity contribution in [2.75, 3.05) is 0 Å². The van der Waals surface area contributed by atoms with Gasteiger partial charge in [-0.1, -0.05) is 28.1 Å². The Balaban J connectivity index is 2.12. The van der Waals surface area contributed by atoms with Gasteiger partial charge in [0.05, 0.1) is 4.92 Å². The fourth-order valence-corrected chi connectivity index (χ4v) is 2.44. The number of hydrogen-bond donors (Lipinski definition) is 1. The van der Waals surface area contributed by atoms with Gasteiger partial charge in [0.15, 0.2) is 0 Å². The molecular weight excluding hydrogens is 339 g/mol. The van der Waals surface area contributed by atoms with E-state index in [4.69, 9.17) is 0 Å². The number of rotatable bonds is 5. The first-order valence-electron chi connectivity index (χ1n) is 6.39. The molecule has 2 aromatic carbocycles. The minimum atomic E-state index is -0.406. The molecule has 0 heterocycles. The first kappa shape index (κ1) is 15.6. The quantitative estimate of drug-likeness (QED) is 0.642. The molecule has 0 aliphatic carbocycles. The number of hydrogen-bond acceptors (Lipinski definition) is 3. The van der Waals surface area contributed by atoms with Gasteiger partial charge in [-0.05, 0) is 36.8 Å². The van der Waals surface area contributed by atoms with Crippen molar-refractivity contribution in [3.63, 3.8) is 0 Å². The summed E-state index contributed by atoms with van der Waals surface area (Å²) < 4.78 is 14.0. The van der Waals surface area contributed by atoms with Crippen molar-refractivity contribution in [2.24, 2.45) is 0 Å². The van der Waals surface area contributed by atoms with E-state index in [2.05, 4.69) is 21.2 Å². The van der Waals surface area contributed by atoms with Crippen LogP contribution in [0.2, 0.25) is 0 Å². The molecule has 21 heavy (non-hydrogen) atoms. The van der Waals surface area contributed by atoms with Crippen LogP contribution in [0.5, 0.6) is 0 Å². The monoisotopic (exact) mass is 352 g/mol. The molecule has 2 aromatic rings. The van der Waals surface area contributed by atoms with E-state index < -0.39 is 4.92 Å². The lowest BCUT2D eigenvalue weighted by Crippen LogP contribution is -2.18. The maximum Gasteiger partial charge on any atom is 0.273 e. The molecule has 0 bridgehead atoms. The molecule has 0 fully saturated rings. The summed E-state index contributed by atoms with van der Waals surface area (Å²) in [5, 5.41) is 14.2. The molecule has 0 aliphatic rings. The van der Waals surface area contributed by atoms with Crippen LogP contribution in [-0.2, 0) is 6.54 Å². The van der Waals surface area contributed by atoms with Crippen LogP contribution >= 0.6 is 15.9 Å². The highest BCUT2D eigenvalue weighted by atomic mass is 79.9. The van der Waals surface area contributed by atoms with Gasteiger partial charge < -0.3 is 5.32 Å². The van der Waals surface area contributed by atoms with E-state index in [0.29, 0.717) is 12.1 Å². The number of nitro benzene ring substituents is 1. The third kappa shape index (κ3) is 4.09. The van der Waals surface area contributed by atoms with Gasteiger partial charge in [-0.25, -0.2) is 4.39 Å². The zero-order valence-corrected chi connectivity index (χ0v) is 12.9. The third-order valence-corrected chi connectivity index (χ3v) is 3.68. The second-order valence-corrected chi connectivity index (χ2v) is 5.60. The van der Waals surface area contributed by atoms with Gasteiger partial charge in [-0.15, -0.1) is 0 Å². The van der Waals surface area contributed by atoms with Crippen LogP contribution in [-0.4, -0.2) is 4.92 Å². The molecule has 0 unspecified atom stereocenters. The summed E-state index contributed by atoms with van der Waals surface area (Å²) in [7, 11) is 0. The van der Waals surface area contributed by atoms with Gasteiger partial charge in [-0.2, -0.15) is 0 Å². The summed E-state index contributed by atoms with van der Waals surface area (Å²) in [6, 6.07) is 11.0. The van der Waals surface area contributed by atoms with E-state index in [1.54, 1.807) is 18.2 Å². The molecule has 0 radical (unpaired) electrons. The second-order valence-electron chi connectivity index (χ2n) is 4.69. The first-order chi connectivity index (χ1) is 9.97. The summed E-state index contributed by atoms with van der Waals surface area (Å²) in [4.78, 5) is 10.6. The van der Waals surface area contributed by atoms with E-state index in [0.717, 1.165) is 10.0 Å². The van der Waals surface area contributed by atoms with Crippen LogP contribution in [0.3, 0.4) is 0 Å². The van der Waals surface area contributed by atoms with Crippen LogP contribution in [0.25, 0.3) is 0 Å². The van der Waals surface area contributed by atoms with Gasteiger partial charge in [0, 0.05) is 28.7 Å². The lowest BCUT2D eigenvalue weighted by molar-refractivity contribution is -0.385. The molecule has 0 saturated heterocycles. The molecule has 1 N–H and O–H groups in total. The number of nitrogens with zero attached hydrogens (tertiary/aromatic N) is 1. The molecule has 0 aromatic heterocycles. The normalized spacial score (nSPS) is 12.1. The third-order valence-electron chi connectivity index (χ3n) is 3.19. The van der Waals surface area contributed by atoms with E-state index in [1.165, 1.54) is 18.2 Å². The number of halogens is 2. The maximum atomic E-state index is 13.2. The molecule has 0 aliphatic heterocycles. The van der Waals surface area contributed by atoms with Crippen LogP contribution in [0.4, 0.5) is 10.1 Å². The highest BCUT2D eigenvalue weighted by Crippen LogP contribution is 2.24. The molecule has 0 amide bonds. The summed E-state index contributed by atoms with van der Waals surface area (Å²) in [5.74, 6) is -0.297. The Hall–Kier alpha value is -1.79. The van der Waals surface area contributed by atoms with Crippen LogP contribution < -0.4 is 5.32 Å². The zero-order chi connectivity index (χ0) is 15.4. The van der Waals surface area contributed by atoms with Gasteiger partial charge in [0.2, 0.25) is 0 Å². The van der Waals surface area contributed by atoms with Crippen molar-refractivity contribution in [2.45, 2.75) is 19.5 Å². The Morgan fingerprint density at radius 3 is 2.76 bits per heavy atom. The predicted molar refractivity (Wildman–Crippen MR) is 82.5 cm³/mol. The van der Waals surface area contributed by atoms with Gasteiger partial charge in [0.25, 0.3) is 5.69 Å². The van der Waals surface area contributed by atoms with Crippen molar-refractivity contribution in [3.8, 4) is 0 Å². The van der Waals surface area contributed by atoms with Crippen molar-refractivity contribution >= 4 is 21.6 Å². The zero-order valence-electron chi connectivity index (χ0n) is 11.3. The highest BCUT2D eigenvalue weighted by Gasteiger charge is 2.15. The summed E-state index contributed by atoms with van der Waals surface area (Å²) >= 11 is 3.31. The topological polar surface area (TPSA) is 55.2 Å². The Bertz CT molecular complexity index is 664. The molecule has 0 saturated carbocycles. The Morgan fingerprint density at radius 2 is 2.10 bits per heavy atom. The standard InChI is InChI=1S/C15H14BrFN2O2/c1-10(11-3-2-4-14(17)8-11)18-9-12-7-13(16)5-6-15(12)19(20)21/h2-8,10,18H,9H2,1H3/t10-/m0/s1. The summed E-state index contributed by atoms with van der Waals surface area (Å²) in [5.41, 5.74) is 1.45. The Labute approximate surface area is 130 Å². The maximum absolute atomic E-state index is 13.2. The Morgan fingerprint density at radius 1 is 1.33 bits per heavy atom. The smallest absolute Gasteiger partial charge is 0.273 e. The number of nitro groups is 1. The van der Waals surface area contributed by atoms with Crippen LogP contribution in [0.15, 0.2) is 46.9 Å². The SMILES string of the molecule is C[C@H](NCc1cc(Br)ccc1[N+](=O)[O-])c1cccc(F)c1. The summed E-state index contributed by atoms with van der Waals surface area (Å²) in [6.07, 6.45) is 0. The largest absolute Gasteiger partial charge is 0.306 e. The number of benzene rings is 2. The average molecular weight is 353 g/mol.